The molecule has 2 N–H and O–H groups in total. The minimum Gasteiger partial charge on any atom is -0.366 e. The van der Waals surface area contributed by atoms with E-state index in [1.54, 1.807) is 13.8 Å². The molecule has 0 aliphatic rings. The summed E-state index contributed by atoms with van der Waals surface area (Å²) in [6, 6.07) is -0.319. The summed E-state index contributed by atoms with van der Waals surface area (Å²) in [5.41, 5.74) is 5.32. The number of rotatable bonds is 5. The monoisotopic (exact) mass is 181 g/mol. The third-order valence-corrected chi connectivity index (χ3v) is 2.54. The maximum absolute atomic E-state index is 11.0. The van der Waals surface area contributed by atoms with Crippen molar-refractivity contribution in [2.45, 2.75) is 19.9 Å². The molecule has 0 fully saturated rings. The molecular formula is C6H15NO3S. The van der Waals surface area contributed by atoms with Gasteiger partial charge in [0.2, 0.25) is 0 Å². The van der Waals surface area contributed by atoms with E-state index in [9.17, 15) is 8.42 Å². The van der Waals surface area contributed by atoms with Crippen LogP contribution in [0, 0.1) is 0 Å². The maximum atomic E-state index is 11.0. The van der Waals surface area contributed by atoms with Gasteiger partial charge in [-0.3, -0.25) is 0 Å². The number of sulfone groups is 1. The molecule has 0 aromatic rings. The summed E-state index contributed by atoms with van der Waals surface area (Å²) in [6.45, 7) is 3.82. The van der Waals surface area contributed by atoms with Gasteiger partial charge in [-0.2, -0.15) is 0 Å². The van der Waals surface area contributed by atoms with Gasteiger partial charge >= 0.3 is 0 Å². The van der Waals surface area contributed by atoms with Crippen molar-refractivity contribution in [1.29, 1.82) is 0 Å². The minimum absolute atomic E-state index is 0.00694. The lowest BCUT2D eigenvalue weighted by molar-refractivity contribution is 0.192. The normalized spacial score (nSPS) is 14.8. The van der Waals surface area contributed by atoms with Gasteiger partial charge in [0.15, 0.2) is 9.84 Å². The molecule has 0 rings (SSSR count). The minimum atomic E-state index is -3.09. The second-order valence-corrected chi connectivity index (χ2v) is 4.55. The highest BCUT2D eigenvalue weighted by Gasteiger charge is 2.12. The van der Waals surface area contributed by atoms with Crippen LogP contribution in [-0.2, 0) is 14.6 Å². The molecule has 1 atom stereocenters. The molecule has 0 saturated heterocycles. The lowest BCUT2D eigenvalue weighted by atomic mass is 10.4. The van der Waals surface area contributed by atoms with E-state index in [0.29, 0.717) is 6.61 Å². The van der Waals surface area contributed by atoms with Crippen molar-refractivity contribution >= 4 is 9.84 Å². The van der Waals surface area contributed by atoms with Gasteiger partial charge in [-0.05, 0) is 13.8 Å². The molecule has 0 spiro atoms. The average molecular weight is 181 g/mol. The van der Waals surface area contributed by atoms with Crippen LogP contribution in [-0.4, -0.2) is 32.8 Å². The van der Waals surface area contributed by atoms with E-state index in [0.717, 1.165) is 0 Å². The van der Waals surface area contributed by atoms with Crippen molar-refractivity contribution < 1.29 is 13.2 Å². The smallest absolute Gasteiger partial charge is 0.175 e. The van der Waals surface area contributed by atoms with Crippen molar-refractivity contribution in [1.82, 2.24) is 0 Å². The molecule has 0 bridgehead atoms. The molecule has 1 unspecified atom stereocenters. The highest BCUT2D eigenvalue weighted by molar-refractivity contribution is 7.91. The van der Waals surface area contributed by atoms with Gasteiger partial charge in [-0.15, -0.1) is 0 Å². The number of nitrogens with two attached hydrogens (primary N) is 1. The summed E-state index contributed by atoms with van der Waals surface area (Å²) >= 11 is 0. The van der Waals surface area contributed by atoms with Gasteiger partial charge in [-0.25, -0.2) is 8.42 Å². The Labute approximate surface area is 67.6 Å². The molecule has 0 saturated carbocycles. The van der Waals surface area contributed by atoms with Crippen LogP contribution in [0.25, 0.3) is 0 Å². The fourth-order valence-corrected chi connectivity index (χ4v) is 1.98. The molecule has 0 amide bonds. The molecule has 0 aromatic carbocycles. The number of ether oxygens (including phenoxy) is 1. The Morgan fingerprint density at radius 2 is 2.09 bits per heavy atom. The van der Waals surface area contributed by atoms with Crippen molar-refractivity contribution in [2.75, 3.05) is 18.3 Å². The Balaban J connectivity index is 3.82. The highest BCUT2D eigenvalue weighted by Crippen LogP contribution is 1.93. The summed E-state index contributed by atoms with van der Waals surface area (Å²) in [4.78, 5) is 0. The van der Waals surface area contributed by atoms with Gasteiger partial charge < -0.3 is 10.5 Å². The van der Waals surface area contributed by atoms with Crippen LogP contribution in [0.15, 0.2) is 0 Å². The van der Waals surface area contributed by atoms with Gasteiger partial charge in [0.25, 0.3) is 0 Å². The van der Waals surface area contributed by atoms with Crippen LogP contribution in [0.3, 0.4) is 0 Å². The number of hydrogen-bond acceptors (Lipinski definition) is 4. The molecule has 0 aromatic heterocycles. The van der Waals surface area contributed by atoms with Crippen LogP contribution < -0.4 is 5.73 Å². The zero-order valence-corrected chi connectivity index (χ0v) is 7.73. The fourth-order valence-electron chi connectivity index (χ4n) is 0.659. The van der Waals surface area contributed by atoms with E-state index in [1.165, 1.54) is 0 Å². The predicted molar refractivity (Wildman–Crippen MR) is 43.9 cm³/mol. The Hall–Kier alpha value is -0.130. The van der Waals surface area contributed by atoms with E-state index in [1.807, 2.05) is 0 Å². The zero-order valence-electron chi connectivity index (χ0n) is 6.91. The van der Waals surface area contributed by atoms with E-state index in [2.05, 4.69) is 0 Å². The zero-order chi connectivity index (χ0) is 8.91. The third kappa shape index (κ3) is 6.28. The van der Waals surface area contributed by atoms with E-state index in [-0.39, 0.29) is 17.7 Å². The standard InChI is InChI=1S/C6H15NO3S/c1-3-10-5-11(8,9)4-6(2)7/h6H,3-5,7H2,1-2H3. The van der Waals surface area contributed by atoms with Crippen LogP contribution >= 0.6 is 0 Å². The molecule has 0 radical (unpaired) electrons. The lowest BCUT2D eigenvalue weighted by Gasteiger charge is -2.05. The van der Waals surface area contributed by atoms with Gasteiger partial charge in [0.1, 0.15) is 5.94 Å². The van der Waals surface area contributed by atoms with E-state index in [4.69, 9.17) is 10.5 Å². The van der Waals surface area contributed by atoms with Gasteiger partial charge in [0.05, 0.1) is 5.75 Å². The topological polar surface area (TPSA) is 69.4 Å². The quantitative estimate of drug-likeness (QED) is 0.634. The lowest BCUT2D eigenvalue weighted by Crippen LogP contribution is -2.28. The first-order valence-corrected chi connectivity index (χ1v) is 5.34. The SMILES string of the molecule is CCOCS(=O)(=O)CC(C)N. The maximum Gasteiger partial charge on any atom is 0.175 e. The third-order valence-electron chi connectivity index (χ3n) is 0.984. The highest BCUT2D eigenvalue weighted by atomic mass is 32.2. The molecule has 4 nitrogen and oxygen atoms in total. The summed E-state index contributed by atoms with van der Waals surface area (Å²) in [5, 5.41) is 0. The van der Waals surface area contributed by atoms with Crippen LogP contribution in [0.2, 0.25) is 0 Å². The molecule has 0 aliphatic carbocycles. The fraction of sp³-hybridized carbons (Fsp3) is 1.00. The molecule has 0 heterocycles. The summed E-state index contributed by atoms with van der Waals surface area (Å²) < 4.78 is 26.7. The van der Waals surface area contributed by atoms with Crippen LogP contribution in [0.4, 0.5) is 0 Å². The average Bonchev–Trinajstić information content (AvgIpc) is 1.81. The summed E-state index contributed by atoms with van der Waals surface area (Å²) in [7, 11) is -3.09. The Morgan fingerprint density at radius 3 is 2.45 bits per heavy atom. The van der Waals surface area contributed by atoms with Crippen molar-refractivity contribution in [3.8, 4) is 0 Å². The Kier molecular flexibility index (Phi) is 4.63. The van der Waals surface area contributed by atoms with Crippen LogP contribution in [0.5, 0.6) is 0 Å². The number of hydrogen-bond donors (Lipinski definition) is 1. The van der Waals surface area contributed by atoms with Crippen molar-refractivity contribution in [2.24, 2.45) is 5.73 Å². The van der Waals surface area contributed by atoms with Crippen molar-refractivity contribution in [3.05, 3.63) is 0 Å². The largest absolute Gasteiger partial charge is 0.366 e. The molecule has 11 heavy (non-hydrogen) atoms. The second-order valence-electron chi connectivity index (χ2n) is 2.50. The second kappa shape index (κ2) is 4.69. The Morgan fingerprint density at radius 1 is 1.55 bits per heavy atom. The summed E-state index contributed by atoms with van der Waals surface area (Å²) in [5.74, 6) is -0.224. The first kappa shape index (κ1) is 10.9. The van der Waals surface area contributed by atoms with E-state index < -0.39 is 9.84 Å². The van der Waals surface area contributed by atoms with Crippen molar-refractivity contribution in [3.63, 3.8) is 0 Å². The van der Waals surface area contributed by atoms with Gasteiger partial charge in [0, 0.05) is 12.6 Å². The molecule has 5 heteroatoms. The van der Waals surface area contributed by atoms with Crippen LogP contribution in [0.1, 0.15) is 13.8 Å². The Bertz CT molecular complexity index is 186. The molecule has 0 aliphatic heterocycles. The predicted octanol–water partition coefficient (Wildman–Crippen LogP) is -0.258. The first-order chi connectivity index (χ1) is 4.98. The van der Waals surface area contributed by atoms with Gasteiger partial charge in [-0.1, -0.05) is 0 Å². The van der Waals surface area contributed by atoms with E-state index >= 15 is 0 Å². The molecular weight excluding hydrogens is 166 g/mol. The molecule has 68 valence electrons. The summed E-state index contributed by atoms with van der Waals surface area (Å²) in [6.07, 6.45) is 0. The first-order valence-electron chi connectivity index (χ1n) is 3.51.